The lowest BCUT2D eigenvalue weighted by Crippen LogP contribution is -2.25. The molecule has 2 aromatic heterocycles. The van der Waals surface area contributed by atoms with E-state index in [4.69, 9.17) is 0 Å². The quantitative estimate of drug-likeness (QED) is 0.727. The van der Waals surface area contributed by atoms with Gasteiger partial charge in [-0.15, -0.1) is 10.2 Å². The number of hydrogen-bond donors (Lipinski definition) is 0. The van der Waals surface area contributed by atoms with E-state index in [2.05, 4.69) is 28.9 Å². The van der Waals surface area contributed by atoms with Crippen LogP contribution in [0.5, 0.6) is 0 Å². The zero-order valence-corrected chi connectivity index (χ0v) is 12.6. The molecule has 0 bridgehead atoms. The first kappa shape index (κ1) is 13.8. The summed E-state index contributed by atoms with van der Waals surface area (Å²) in [6.07, 6.45) is 0. The fraction of sp³-hybridized carbons (Fsp3) is 0.400. The molecular formula is C15H19N5O. The predicted molar refractivity (Wildman–Crippen MR) is 82.4 cm³/mol. The fourth-order valence-electron chi connectivity index (χ4n) is 2.64. The number of rotatable bonds is 4. The van der Waals surface area contributed by atoms with Crippen molar-refractivity contribution in [2.24, 2.45) is 7.05 Å². The number of hydrogen-bond acceptors (Lipinski definition) is 4. The van der Waals surface area contributed by atoms with Crippen LogP contribution in [0.25, 0.3) is 16.7 Å². The molecule has 6 nitrogen and oxygen atoms in total. The lowest BCUT2D eigenvalue weighted by Gasteiger charge is -2.17. The number of para-hydroxylation sites is 1. The average Bonchev–Trinajstić information content (AvgIpc) is 2.94. The van der Waals surface area contributed by atoms with Gasteiger partial charge in [-0.1, -0.05) is 26.0 Å². The van der Waals surface area contributed by atoms with E-state index in [0.717, 1.165) is 31.0 Å². The van der Waals surface area contributed by atoms with Crippen molar-refractivity contribution in [3.63, 3.8) is 0 Å². The van der Waals surface area contributed by atoms with Gasteiger partial charge in [0.15, 0.2) is 5.82 Å². The molecule has 0 spiro atoms. The molecular weight excluding hydrogens is 266 g/mol. The summed E-state index contributed by atoms with van der Waals surface area (Å²) in [5, 5.41) is 9.18. The minimum atomic E-state index is -0.0418. The van der Waals surface area contributed by atoms with E-state index in [0.29, 0.717) is 11.2 Å². The summed E-state index contributed by atoms with van der Waals surface area (Å²) < 4.78 is 3.54. The maximum absolute atomic E-state index is 12.4. The molecule has 0 radical (unpaired) electrons. The molecule has 0 aliphatic heterocycles. The molecule has 21 heavy (non-hydrogen) atoms. The maximum Gasteiger partial charge on any atom is 0.262 e. The van der Waals surface area contributed by atoms with Gasteiger partial charge < -0.3 is 0 Å². The summed E-state index contributed by atoms with van der Waals surface area (Å²) in [5.41, 5.74) is 0.822. The molecule has 0 N–H and O–H groups in total. The summed E-state index contributed by atoms with van der Waals surface area (Å²) in [4.78, 5) is 14.6. The molecule has 3 rings (SSSR count). The Kier molecular flexibility index (Phi) is 3.47. The van der Waals surface area contributed by atoms with Crippen LogP contribution in [0.1, 0.15) is 19.7 Å². The topological polar surface area (TPSA) is 55.4 Å². The lowest BCUT2D eigenvalue weighted by atomic mass is 10.2. The van der Waals surface area contributed by atoms with Crippen LogP contribution in [-0.4, -0.2) is 37.2 Å². The SMILES string of the molecule is CCN(CC)Cc1nnc2n(C)c(=O)c3ccccc3n12. The van der Waals surface area contributed by atoms with Gasteiger partial charge in [-0.3, -0.25) is 18.7 Å². The van der Waals surface area contributed by atoms with Gasteiger partial charge in [0.05, 0.1) is 17.4 Å². The highest BCUT2D eigenvalue weighted by molar-refractivity contribution is 5.80. The van der Waals surface area contributed by atoms with Crippen LogP contribution in [-0.2, 0) is 13.6 Å². The molecule has 110 valence electrons. The minimum Gasteiger partial charge on any atom is -0.296 e. The first-order chi connectivity index (χ1) is 10.2. The van der Waals surface area contributed by atoms with Gasteiger partial charge >= 0.3 is 0 Å². The molecule has 6 heteroatoms. The molecule has 0 aliphatic rings. The second-order valence-electron chi connectivity index (χ2n) is 5.09. The average molecular weight is 285 g/mol. The summed E-state index contributed by atoms with van der Waals surface area (Å²) in [6, 6.07) is 7.60. The third kappa shape index (κ3) is 2.12. The van der Waals surface area contributed by atoms with Crippen molar-refractivity contribution in [1.82, 2.24) is 24.1 Å². The molecule has 3 aromatic rings. The lowest BCUT2D eigenvalue weighted by molar-refractivity contribution is 0.287. The minimum absolute atomic E-state index is 0.0418. The highest BCUT2D eigenvalue weighted by Gasteiger charge is 2.15. The van der Waals surface area contributed by atoms with Crippen molar-refractivity contribution in [1.29, 1.82) is 0 Å². The van der Waals surface area contributed by atoms with Gasteiger partial charge in [0.1, 0.15) is 0 Å². The fourth-order valence-corrected chi connectivity index (χ4v) is 2.64. The van der Waals surface area contributed by atoms with E-state index in [-0.39, 0.29) is 5.56 Å². The Labute approximate surface area is 122 Å². The van der Waals surface area contributed by atoms with Crippen molar-refractivity contribution >= 4 is 16.7 Å². The molecule has 1 aromatic carbocycles. The highest BCUT2D eigenvalue weighted by Crippen LogP contribution is 2.14. The number of aromatic nitrogens is 4. The van der Waals surface area contributed by atoms with Crippen LogP contribution >= 0.6 is 0 Å². The van der Waals surface area contributed by atoms with E-state index in [1.807, 2.05) is 28.7 Å². The van der Waals surface area contributed by atoms with Gasteiger partial charge in [0.2, 0.25) is 5.78 Å². The number of nitrogens with zero attached hydrogens (tertiary/aromatic N) is 5. The standard InChI is InChI=1S/C15H19N5O/c1-4-19(5-2)10-13-16-17-15-18(3)14(21)11-8-6-7-9-12(11)20(13)15/h6-9H,4-5,10H2,1-3H3. The Morgan fingerprint density at radius 1 is 1.14 bits per heavy atom. The van der Waals surface area contributed by atoms with Crippen LogP contribution in [0.15, 0.2) is 29.1 Å². The van der Waals surface area contributed by atoms with Gasteiger partial charge in [-0.25, -0.2) is 0 Å². The largest absolute Gasteiger partial charge is 0.296 e. The van der Waals surface area contributed by atoms with Crippen LogP contribution < -0.4 is 5.56 Å². The number of fused-ring (bicyclic) bond motifs is 3. The second kappa shape index (κ2) is 5.29. The van der Waals surface area contributed by atoms with E-state index < -0.39 is 0 Å². The van der Waals surface area contributed by atoms with Crippen molar-refractivity contribution in [3.05, 3.63) is 40.4 Å². The molecule has 0 amide bonds. The third-order valence-corrected chi connectivity index (χ3v) is 3.95. The van der Waals surface area contributed by atoms with E-state index in [1.165, 1.54) is 0 Å². The summed E-state index contributed by atoms with van der Waals surface area (Å²) in [7, 11) is 1.74. The summed E-state index contributed by atoms with van der Waals surface area (Å²) in [6.45, 7) is 6.88. The van der Waals surface area contributed by atoms with Crippen molar-refractivity contribution in [2.75, 3.05) is 13.1 Å². The van der Waals surface area contributed by atoms with Crippen LogP contribution in [0.2, 0.25) is 0 Å². The highest BCUT2D eigenvalue weighted by atomic mass is 16.1. The molecule has 0 atom stereocenters. The molecule has 0 fully saturated rings. The normalized spacial score (nSPS) is 11.8. The first-order valence-electron chi connectivity index (χ1n) is 7.21. The Balaban J connectivity index is 2.32. The van der Waals surface area contributed by atoms with Crippen molar-refractivity contribution < 1.29 is 0 Å². The number of aryl methyl sites for hydroxylation is 1. The van der Waals surface area contributed by atoms with Crippen molar-refractivity contribution in [2.45, 2.75) is 20.4 Å². The number of benzene rings is 1. The van der Waals surface area contributed by atoms with Gasteiger partial charge in [0.25, 0.3) is 5.56 Å². The predicted octanol–water partition coefficient (Wildman–Crippen LogP) is 1.42. The Morgan fingerprint density at radius 3 is 2.57 bits per heavy atom. The van der Waals surface area contributed by atoms with Gasteiger partial charge in [-0.2, -0.15) is 0 Å². The molecule has 0 saturated carbocycles. The van der Waals surface area contributed by atoms with E-state index in [1.54, 1.807) is 11.6 Å². The van der Waals surface area contributed by atoms with Gasteiger partial charge in [-0.05, 0) is 25.2 Å². The molecule has 2 heterocycles. The summed E-state index contributed by atoms with van der Waals surface area (Å²) in [5.74, 6) is 1.45. The van der Waals surface area contributed by atoms with Crippen LogP contribution in [0.4, 0.5) is 0 Å². The molecule has 0 unspecified atom stereocenters. The Hall–Kier alpha value is -2.21. The third-order valence-electron chi connectivity index (χ3n) is 3.95. The zero-order valence-electron chi connectivity index (χ0n) is 12.6. The van der Waals surface area contributed by atoms with Crippen molar-refractivity contribution in [3.8, 4) is 0 Å². The Bertz CT molecular complexity index is 844. The molecule has 0 aliphatic carbocycles. The van der Waals surface area contributed by atoms with Crippen LogP contribution in [0, 0.1) is 0 Å². The smallest absolute Gasteiger partial charge is 0.262 e. The molecule has 0 saturated heterocycles. The summed E-state index contributed by atoms with van der Waals surface area (Å²) >= 11 is 0. The monoisotopic (exact) mass is 285 g/mol. The van der Waals surface area contributed by atoms with Gasteiger partial charge in [0, 0.05) is 7.05 Å². The van der Waals surface area contributed by atoms with Crippen LogP contribution in [0.3, 0.4) is 0 Å². The van der Waals surface area contributed by atoms with E-state index >= 15 is 0 Å². The van der Waals surface area contributed by atoms with E-state index in [9.17, 15) is 4.79 Å². The zero-order chi connectivity index (χ0) is 15.0. The maximum atomic E-state index is 12.4. The second-order valence-corrected chi connectivity index (χ2v) is 5.09. The Morgan fingerprint density at radius 2 is 1.86 bits per heavy atom. The first-order valence-corrected chi connectivity index (χ1v) is 7.21.